The SMILES string of the molecule is CCn1cc(O[C@@H]2CN(C(=O)OCC3c4ccccc4-c4ccccc43)C[C@H]2O)cn1. The van der Waals surface area contributed by atoms with E-state index < -0.39 is 18.3 Å². The molecule has 1 saturated heterocycles. The Labute approximate surface area is 180 Å². The third-order valence-electron chi connectivity index (χ3n) is 6.05. The van der Waals surface area contributed by atoms with Crippen molar-refractivity contribution in [2.45, 2.75) is 31.6 Å². The van der Waals surface area contributed by atoms with Crippen LogP contribution in [0.3, 0.4) is 0 Å². The highest BCUT2D eigenvalue weighted by Crippen LogP contribution is 2.44. The van der Waals surface area contributed by atoms with E-state index in [1.54, 1.807) is 17.1 Å². The maximum absolute atomic E-state index is 12.7. The molecule has 1 fully saturated rings. The Morgan fingerprint density at radius 1 is 1.10 bits per heavy atom. The molecule has 1 aliphatic carbocycles. The van der Waals surface area contributed by atoms with Crippen LogP contribution in [-0.2, 0) is 11.3 Å². The van der Waals surface area contributed by atoms with Crippen LogP contribution in [0.15, 0.2) is 60.9 Å². The molecule has 160 valence electrons. The van der Waals surface area contributed by atoms with Crippen LogP contribution in [0.5, 0.6) is 5.75 Å². The average Bonchev–Trinajstić information content (AvgIpc) is 3.49. The van der Waals surface area contributed by atoms with Gasteiger partial charge in [-0.1, -0.05) is 48.5 Å². The van der Waals surface area contributed by atoms with Crippen molar-refractivity contribution in [2.24, 2.45) is 0 Å². The number of likely N-dealkylation sites (tertiary alicyclic amines) is 1. The van der Waals surface area contributed by atoms with Crippen LogP contribution in [0.4, 0.5) is 4.79 Å². The van der Waals surface area contributed by atoms with Crippen molar-refractivity contribution in [3.05, 3.63) is 72.1 Å². The number of hydrogen-bond donors (Lipinski definition) is 1. The summed E-state index contributed by atoms with van der Waals surface area (Å²) in [5, 5.41) is 14.5. The van der Waals surface area contributed by atoms with Crippen LogP contribution in [0, 0.1) is 0 Å². The molecule has 1 aromatic heterocycles. The number of rotatable bonds is 5. The number of hydrogen-bond acceptors (Lipinski definition) is 5. The zero-order chi connectivity index (χ0) is 21.4. The minimum atomic E-state index is -0.773. The number of ether oxygens (including phenoxy) is 2. The summed E-state index contributed by atoms with van der Waals surface area (Å²) in [6.07, 6.45) is 1.69. The lowest BCUT2D eigenvalue weighted by Crippen LogP contribution is -2.32. The number of carbonyl (C=O) groups excluding carboxylic acids is 1. The summed E-state index contributed by atoms with van der Waals surface area (Å²) in [4.78, 5) is 14.2. The fraction of sp³-hybridized carbons (Fsp3) is 0.333. The summed E-state index contributed by atoms with van der Waals surface area (Å²) >= 11 is 0. The van der Waals surface area contributed by atoms with Crippen LogP contribution in [0.1, 0.15) is 24.0 Å². The molecule has 1 N–H and O–H groups in total. The first-order valence-electron chi connectivity index (χ1n) is 10.6. The number of benzene rings is 2. The van der Waals surface area contributed by atoms with E-state index in [0.717, 1.165) is 6.54 Å². The molecule has 2 aliphatic rings. The summed E-state index contributed by atoms with van der Waals surface area (Å²) in [7, 11) is 0. The van der Waals surface area contributed by atoms with Crippen LogP contribution in [0.25, 0.3) is 11.1 Å². The van der Waals surface area contributed by atoms with Crippen LogP contribution in [0.2, 0.25) is 0 Å². The number of aryl methyl sites for hydroxylation is 1. The molecule has 2 atom stereocenters. The van der Waals surface area contributed by atoms with Gasteiger partial charge in [0, 0.05) is 12.5 Å². The predicted octanol–water partition coefficient (Wildman–Crippen LogP) is 3.28. The van der Waals surface area contributed by atoms with Crippen LogP contribution < -0.4 is 4.74 Å². The van der Waals surface area contributed by atoms with Gasteiger partial charge in [-0.15, -0.1) is 0 Å². The molecule has 3 aromatic rings. The number of fused-ring (bicyclic) bond motifs is 3. The molecule has 0 radical (unpaired) electrons. The summed E-state index contributed by atoms with van der Waals surface area (Å²) in [6.45, 7) is 3.44. The summed E-state index contributed by atoms with van der Waals surface area (Å²) in [6, 6.07) is 16.5. The second-order valence-electron chi connectivity index (χ2n) is 7.96. The van der Waals surface area contributed by atoms with Gasteiger partial charge in [-0.05, 0) is 29.2 Å². The quantitative estimate of drug-likeness (QED) is 0.687. The average molecular weight is 419 g/mol. The Kier molecular flexibility index (Phi) is 5.11. The standard InChI is InChI=1S/C24H25N3O4/c1-2-27-12-16(11-25-27)31-23-14-26(13-22(23)28)24(29)30-15-21-19-9-5-3-7-17(19)18-8-4-6-10-20(18)21/h3-12,21-23,28H,2,13-15H2,1H3/t22-,23-/m1/s1. The number of amides is 1. The minimum Gasteiger partial charge on any atom is -0.482 e. The molecule has 2 aromatic carbocycles. The van der Waals surface area contributed by atoms with Gasteiger partial charge in [0.1, 0.15) is 18.8 Å². The first kappa shape index (κ1) is 19.6. The van der Waals surface area contributed by atoms with Gasteiger partial charge in [-0.2, -0.15) is 5.10 Å². The van der Waals surface area contributed by atoms with E-state index in [-0.39, 0.29) is 25.6 Å². The molecule has 2 heterocycles. The Balaban J connectivity index is 1.23. The van der Waals surface area contributed by atoms with Gasteiger partial charge in [0.05, 0.1) is 25.5 Å². The lowest BCUT2D eigenvalue weighted by Gasteiger charge is -2.19. The lowest BCUT2D eigenvalue weighted by molar-refractivity contribution is 0.0735. The Morgan fingerprint density at radius 3 is 2.42 bits per heavy atom. The summed E-state index contributed by atoms with van der Waals surface area (Å²) in [5.41, 5.74) is 4.73. The fourth-order valence-corrected chi connectivity index (χ4v) is 4.46. The van der Waals surface area contributed by atoms with Gasteiger partial charge in [-0.25, -0.2) is 4.79 Å². The number of aromatic nitrogens is 2. The minimum absolute atomic E-state index is 0.0100. The molecule has 1 amide bonds. The van der Waals surface area contributed by atoms with Gasteiger partial charge in [0.25, 0.3) is 0 Å². The van der Waals surface area contributed by atoms with Gasteiger partial charge in [-0.3, -0.25) is 4.68 Å². The molecule has 1 aliphatic heterocycles. The number of aliphatic hydroxyl groups is 1. The Morgan fingerprint density at radius 2 is 1.77 bits per heavy atom. The monoisotopic (exact) mass is 419 g/mol. The first-order valence-corrected chi connectivity index (χ1v) is 10.6. The fourth-order valence-electron chi connectivity index (χ4n) is 4.46. The molecule has 0 bridgehead atoms. The zero-order valence-electron chi connectivity index (χ0n) is 17.3. The van der Waals surface area contributed by atoms with Crippen molar-refractivity contribution in [3.63, 3.8) is 0 Å². The predicted molar refractivity (Wildman–Crippen MR) is 115 cm³/mol. The van der Waals surface area contributed by atoms with E-state index in [2.05, 4.69) is 29.4 Å². The van der Waals surface area contributed by atoms with Crippen molar-refractivity contribution >= 4 is 6.09 Å². The molecule has 0 saturated carbocycles. The third kappa shape index (κ3) is 3.65. The molecule has 7 nitrogen and oxygen atoms in total. The maximum Gasteiger partial charge on any atom is 0.410 e. The van der Waals surface area contributed by atoms with Crippen molar-refractivity contribution in [1.29, 1.82) is 0 Å². The highest BCUT2D eigenvalue weighted by molar-refractivity contribution is 5.79. The van der Waals surface area contributed by atoms with Crippen molar-refractivity contribution < 1.29 is 19.4 Å². The molecular weight excluding hydrogens is 394 g/mol. The Hall–Kier alpha value is -3.32. The van der Waals surface area contributed by atoms with Crippen molar-refractivity contribution in [2.75, 3.05) is 19.7 Å². The van der Waals surface area contributed by atoms with Gasteiger partial charge in [0.2, 0.25) is 0 Å². The number of β-amino-alcohol motifs (C(OH)–C–C–N with tert-alkyl or cyclic N) is 1. The molecule has 0 spiro atoms. The van der Waals surface area contributed by atoms with E-state index in [0.29, 0.717) is 5.75 Å². The highest BCUT2D eigenvalue weighted by Gasteiger charge is 2.37. The topological polar surface area (TPSA) is 76.8 Å². The number of aliphatic hydroxyl groups excluding tert-OH is 1. The van der Waals surface area contributed by atoms with Crippen molar-refractivity contribution in [1.82, 2.24) is 14.7 Å². The van der Waals surface area contributed by atoms with Gasteiger partial charge < -0.3 is 19.5 Å². The largest absolute Gasteiger partial charge is 0.482 e. The van der Waals surface area contributed by atoms with E-state index in [9.17, 15) is 9.90 Å². The van der Waals surface area contributed by atoms with Crippen LogP contribution in [-0.4, -0.2) is 57.8 Å². The van der Waals surface area contributed by atoms with E-state index in [1.807, 2.05) is 31.2 Å². The highest BCUT2D eigenvalue weighted by atomic mass is 16.6. The molecular formula is C24H25N3O4. The molecule has 0 unspecified atom stereocenters. The zero-order valence-corrected chi connectivity index (χ0v) is 17.3. The maximum atomic E-state index is 12.7. The molecule has 31 heavy (non-hydrogen) atoms. The molecule has 5 rings (SSSR count). The van der Waals surface area contributed by atoms with Crippen LogP contribution >= 0.6 is 0 Å². The van der Waals surface area contributed by atoms with Gasteiger partial charge >= 0.3 is 6.09 Å². The normalized spacial score (nSPS) is 19.9. The van der Waals surface area contributed by atoms with E-state index in [4.69, 9.17) is 9.47 Å². The van der Waals surface area contributed by atoms with E-state index >= 15 is 0 Å². The van der Waals surface area contributed by atoms with Gasteiger partial charge in [0.15, 0.2) is 5.75 Å². The second-order valence-corrected chi connectivity index (χ2v) is 7.96. The van der Waals surface area contributed by atoms with Crippen molar-refractivity contribution in [3.8, 4) is 16.9 Å². The number of nitrogens with zero attached hydrogens (tertiary/aromatic N) is 3. The lowest BCUT2D eigenvalue weighted by atomic mass is 9.98. The summed E-state index contributed by atoms with van der Waals surface area (Å²) < 4.78 is 13.3. The first-order chi connectivity index (χ1) is 15.1. The second kappa shape index (κ2) is 8.07. The smallest absolute Gasteiger partial charge is 0.410 e. The third-order valence-corrected chi connectivity index (χ3v) is 6.05. The number of carbonyl (C=O) groups is 1. The van der Waals surface area contributed by atoms with E-state index in [1.165, 1.54) is 27.2 Å². The molecule has 7 heteroatoms. The Bertz CT molecular complexity index is 1050. The summed E-state index contributed by atoms with van der Waals surface area (Å²) in [5.74, 6) is 0.594.